The minimum atomic E-state index is -3.62. The summed E-state index contributed by atoms with van der Waals surface area (Å²) in [5.41, 5.74) is 0.381. The van der Waals surface area contributed by atoms with Crippen molar-refractivity contribution in [2.24, 2.45) is 5.16 Å². The van der Waals surface area contributed by atoms with Crippen molar-refractivity contribution in [1.29, 1.82) is 0 Å². The molecule has 2 heterocycles. The second kappa shape index (κ2) is 4.56. The molecule has 1 aromatic heterocycles. The molecule has 1 aromatic carbocycles. The highest BCUT2D eigenvalue weighted by molar-refractivity contribution is 8.06. The molecular formula is C14H16N2O4S. The molecule has 1 unspecified atom stereocenters. The van der Waals surface area contributed by atoms with E-state index in [2.05, 4.69) is 10.3 Å². The predicted molar refractivity (Wildman–Crippen MR) is 78.6 cm³/mol. The normalized spacial score (nSPS) is 19.3. The number of aromatic nitrogens is 1. The maximum Gasteiger partial charge on any atom is 0.203 e. The topological polar surface area (TPSA) is 81.8 Å². The minimum absolute atomic E-state index is 0.0621. The summed E-state index contributed by atoms with van der Waals surface area (Å²) in [5, 5.41) is 7.59. The lowest BCUT2D eigenvalue weighted by molar-refractivity contribution is 0.0123. The number of hydrogen-bond donors (Lipinski definition) is 0. The molecule has 0 bridgehead atoms. The van der Waals surface area contributed by atoms with Crippen molar-refractivity contribution in [2.75, 3.05) is 0 Å². The van der Waals surface area contributed by atoms with Crippen LogP contribution in [-0.4, -0.2) is 24.2 Å². The molecule has 0 amide bonds. The van der Waals surface area contributed by atoms with E-state index in [4.69, 9.17) is 9.36 Å². The first-order valence-corrected chi connectivity index (χ1v) is 8.19. The SMILES string of the molecule is CC(c1noc2ccccc12)S(=O)(=O)C1=NOC(C)(C)C1. The third-order valence-corrected chi connectivity index (χ3v) is 5.59. The molecule has 1 atom stereocenters. The Labute approximate surface area is 122 Å². The summed E-state index contributed by atoms with van der Waals surface area (Å²) in [6.45, 7) is 5.19. The Morgan fingerprint density at radius 3 is 2.67 bits per heavy atom. The van der Waals surface area contributed by atoms with E-state index in [0.717, 1.165) is 0 Å². The highest BCUT2D eigenvalue weighted by Crippen LogP contribution is 2.33. The first-order valence-electron chi connectivity index (χ1n) is 6.64. The molecule has 3 rings (SSSR count). The number of fused-ring (bicyclic) bond motifs is 1. The first-order chi connectivity index (χ1) is 9.81. The molecule has 1 aliphatic heterocycles. The highest BCUT2D eigenvalue weighted by Gasteiger charge is 2.40. The molecule has 21 heavy (non-hydrogen) atoms. The average Bonchev–Trinajstić information content (AvgIpc) is 3.01. The van der Waals surface area contributed by atoms with Crippen LogP contribution in [0.25, 0.3) is 11.0 Å². The number of rotatable bonds is 2. The lowest BCUT2D eigenvalue weighted by atomic mass is 10.1. The summed E-state index contributed by atoms with van der Waals surface area (Å²) < 4.78 is 30.5. The molecule has 0 N–H and O–H groups in total. The Bertz CT molecular complexity index is 820. The van der Waals surface area contributed by atoms with Crippen LogP contribution < -0.4 is 0 Å². The number of oxime groups is 1. The number of nitrogens with zero attached hydrogens (tertiary/aromatic N) is 2. The van der Waals surface area contributed by atoms with Gasteiger partial charge in [-0.05, 0) is 32.9 Å². The van der Waals surface area contributed by atoms with Crippen LogP contribution in [-0.2, 0) is 14.7 Å². The zero-order chi connectivity index (χ0) is 15.3. The molecular weight excluding hydrogens is 292 g/mol. The van der Waals surface area contributed by atoms with E-state index in [0.29, 0.717) is 16.7 Å². The van der Waals surface area contributed by atoms with E-state index in [9.17, 15) is 8.42 Å². The van der Waals surface area contributed by atoms with Gasteiger partial charge in [-0.1, -0.05) is 22.4 Å². The van der Waals surface area contributed by atoms with Crippen LogP contribution in [0.2, 0.25) is 0 Å². The van der Waals surface area contributed by atoms with Gasteiger partial charge < -0.3 is 9.36 Å². The van der Waals surface area contributed by atoms with Gasteiger partial charge in [0.1, 0.15) is 16.5 Å². The van der Waals surface area contributed by atoms with Gasteiger partial charge in [0, 0.05) is 11.8 Å². The largest absolute Gasteiger partial charge is 0.389 e. The smallest absolute Gasteiger partial charge is 0.203 e. The van der Waals surface area contributed by atoms with Crippen LogP contribution in [0.15, 0.2) is 33.9 Å². The minimum Gasteiger partial charge on any atom is -0.389 e. The number of sulfone groups is 1. The number of benzene rings is 1. The van der Waals surface area contributed by atoms with Gasteiger partial charge in [0.2, 0.25) is 9.84 Å². The van der Waals surface area contributed by atoms with Gasteiger partial charge in [0.05, 0.1) is 0 Å². The lowest BCUT2D eigenvalue weighted by Gasteiger charge is -2.14. The van der Waals surface area contributed by atoms with Gasteiger partial charge >= 0.3 is 0 Å². The van der Waals surface area contributed by atoms with E-state index < -0.39 is 20.7 Å². The monoisotopic (exact) mass is 308 g/mol. The molecule has 112 valence electrons. The van der Waals surface area contributed by atoms with Gasteiger partial charge in [0.15, 0.2) is 10.6 Å². The molecule has 0 saturated heterocycles. The summed E-state index contributed by atoms with van der Waals surface area (Å²) in [6, 6.07) is 7.18. The van der Waals surface area contributed by atoms with Crippen molar-refractivity contribution in [2.45, 2.75) is 38.0 Å². The molecule has 0 spiro atoms. The average molecular weight is 308 g/mol. The van der Waals surface area contributed by atoms with Crippen LogP contribution in [0.3, 0.4) is 0 Å². The Kier molecular flexibility index (Phi) is 3.05. The van der Waals surface area contributed by atoms with E-state index in [1.165, 1.54) is 0 Å². The molecule has 2 aromatic rings. The van der Waals surface area contributed by atoms with Crippen molar-refractivity contribution in [3.8, 4) is 0 Å². The van der Waals surface area contributed by atoms with Gasteiger partial charge in [-0.15, -0.1) is 0 Å². The van der Waals surface area contributed by atoms with Crippen molar-refractivity contribution >= 4 is 25.9 Å². The molecule has 7 heteroatoms. The van der Waals surface area contributed by atoms with Crippen LogP contribution >= 0.6 is 0 Å². The fourth-order valence-electron chi connectivity index (χ4n) is 2.31. The van der Waals surface area contributed by atoms with Crippen molar-refractivity contribution in [1.82, 2.24) is 5.16 Å². The maximum absolute atomic E-state index is 12.7. The van der Waals surface area contributed by atoms with E-state index in [1.807, 2.05) is 12.1 Å². The molecule has 0 fully saturated rings. The van der Waals surface area contributed by atoms with E-state index in [-0.39, 0.29) is 11.5 Å². The molecule has 0 radical (unpaired) electrons. The third-order valence-electron chi connectivity index (χ3n) is 3.56. The van der Waals surface area contributed by atoms with Gasteiger partial charge in [-0.3, -0.25) is 0 Å². The van der Waals surface area contributed by atoms with E-state index >= 15 is 0 Å². The molecule has 0 saturated carbocycles. The predicted octanol–water partition coefficient (Wildman–Crippen LogP) is 2.82. The lowest BCUT2D eigenvalue weighted by Crippen LogP contribution is -2.25. The summed E-state index contributed by atoms with van der Waals surface area (Å²) in [6.07, 6.45) is 0.259. The van der Waals surface area contributed by atoms with Gasteiger partial charge in [-0.2, -0.15) is 0 Å². The summed E-state index contributed by atoms with van der Waals surface area (Å²) in [4.78, 5) is 5.16. The Balaban J connectivity index is 2.00. The second-order valence-electron chi connectivity index (χ2n) is 5.76. The molecule has 0 aliphatic carbocycles. The molecule has 1 aliphatic rings. The third kappa shape index (κ3) is 2.31. The Morgan fingerprint density at radius 2 is 2.00 bits per heavy atom. The van der Waals surface area contributed by atoms with Crippen LogP contribution in [0.4, 0.5) is 0 Å². The standard InChI is InChI=1S/C14H16N2O4S/c1-9(13-10-6-4-5-7-11(10)19-16-13)21(17,18)12-8-14(2,3)20-15-12/h4-7,9H,8H2,1-3H3. The van der Waals surface area contributed by atoms with Crippen LogP contribution in [0, 0.1) is 0 Å². The fourth-order valence-corrected chi connectivity index (χ4v) is 3.87. The van der Waals surface area contributed by atoms with Gasteiger partial charge in [-0.25, -0.2) is 8.42 Å². The second-order valence-corrected chi connectivity index (χ2v) is 8.03. The molecule has 6 nitrogen and oxygen atoms in total. The summed E-state index contributed by atoms with van der Waals surface area (Å²) in [5.74, 6) is 0. The van der Waals surface area contributed by atoms with Crippen LogP contribution in [0.1, 0.15) is 38.1 Å². The first kappa shape index (κ1) is 14.1. The maximum atomic E-state index is 12.7. The van der Waals surface area contributed by atoms with Crippen molar-refractivity contribution < 1.29 is 17.8 Å². The summed E-state index contributed by atoms with van der Waals surface area (Å²) >= 11 is 0. The van der Waals surface area contributed by atoms with Crippen molar-refractivity contribution in [3.63, 3.8) is 0 Å². The van der Waals surface area contributed by atoms with E-state index in [1.54, 1.807) is 32.9 Å². The zero-order valence-electron chi connectivity index (χ0n) is 12.0. The summed E-state index contributed by atoms with van der Waals surface area (Å²) in [7, 11) is -3.62. The fraction of sp³-hybridized carbons (Fsp3) is 0.429. The Morgan fingerprint density at radius 1 is 1.29 bits per heavy atom. The number of hydrogen-bond acceptors (Lipinski definition) is 6. The van der Waals surface area contributed by atoms with Crippen molar-refractivity contribution in [3.05, 3.63) is 30.0 Å². The van der Waals surface area contributed by atoms with Gasteiger partial charge in [0.25, 0.3) is 0 Å². The zero-order valence-corrected chi connectivity index (χ0v) is 12.8. The quantitative estimate of drug-likeness (QED) is 0.852. The number of para-hydroxylation sites is 1. The van der Waals surface area contributed by atoms with Crippen LogP contribution in [0.5, 0.6) is 0 Å². The Hall–Kier alpha value is -1.89. The highest BCUT2D eigenvalue weighted by atomic mass is 32.2.